The molecule has 2 N–H and O–H groups in total. The van der Waals surface area contributed by atoms with Crippen LogP contribution in [0.25, 0.3) is 0 Å². The third-order valence-electron chi connectivity index (χ3n) is 5.91. The molecule has 0 bridgehead atoms. The monoisotopic (exact) mass is 496 g/mol. The van der Waals surface area contributed by atoms with Gasteiger partial charge in [-0.2, -0.15) is 0 Å². The second kappa shape index (κ2) is 13.8. The summed E-state index contributed by atoms with van der Waals surface area (Å²) in [6.45, 7) is 10.6. The average molecular weight is 497 g/mol. The van der Waals surface area contributed by atoms with Gasteiger partial charge in [-0.1, -0.05) is 36.4 Å². The summed E-state index contributed by atoms with van der Waals surface area (Å²) >= 11 is 0. The fourth-order valence-electron chi connectivity index (χ4n) is 4.36. The Morgan fingerprint density at radius 1 is 1.12 bits per heavy atom. The first-order valence-electron chi connectivity index (χ1n) is 11.7. The van der Waals surface area contributed by atoms with Gasteiger partial charge in [0.15, 0.2) is 0 Å². The fraction of sp³-hybridized carbons (Fsp3) is 0.583. The number of rotatable bonds is 15. The second-order valence-corrected chi connectivity index (χ2v) is 9.80. The Morgan fingerprint density at radius 2 is 1.76 bits per heavy atom. The number of phosphoric acid groups is 1. The molecule has 0 spiro atoms. The van der Waals surface area contributed by atoms with Gasteiger partial charge in [-0.05, 0) is 39.2 Å². The van der Waals surface area contributed by atoms with E-state index in [-0.39, 0.29) is 31.8 Å². The standard InChI is InChI=1S/C24H37N2O7P/c1-5-20-22(21(24(28)29)18(4)26(20)17-19-13-9-8-10-14-19)23(27)25-15-11-12-16-33-34(30,31-6-2)32-7-3/h5,8-10,13-14,18,20-22H,1,6-7,11-12,15-17H2,2-4H3,(H,25,27)(H,28,29). The molecular formula is C24H37N2O7P. The van der Waals surface area contributed by atoms with Crippen molar-refractivity contribution < 1.29 is 32.8 Å². The van der Waals surface area contributed by atoms with E-state index in [1.807, 2.05) is 42.2 Å². The lowest BCUT2D eigenvalue weighted by Crippen LogP contribution is -2.42. The van der Waals surface area contributed by atoms with Crippen molar-refractivity contribution in [1.29, 1.82) is 0 Å². The van der Waals surface area contributed by atoms with Gasteiger partial charge in [0.05, 0.1) is 31.7 Å². The second-order valence-electron chi connectivity index (χ2n) is 8.13. The number of carboxylic acid groups (broad SMARTS) is 1. The third kappa shape index (κ3) is 7.48. The molecule has 0 aliphatic carbocycles. The smallest absolute Gasteiger partial charge is 0.474 e. The van der Waals surface area contributed by atoms with Crippen molar-refractivity contribution in [3.05, 3.63) is 48.6 Å². The quantitative estimate of drug-likeness (QED) is 0.214. The minimum absolute atomic E-state index is 0.158. The highest BCUT2D eigenvalue weighted by molar-refractivity contribution is 7.48. The van der Waals surface area contributed by atoms with Crippen LogP contribution in [0.2, 0.25) is 0 Å². The van der Waals surface area contributed by atoms with Crippen LogP contribution < -0.4 is 5.32 Å². The van der Waals surface area contributed by atoms with Crippen molar-refractivity contribution in [3.8, 4) is 0 Å². The molecule has 190 valence electrons. The number of aliphatic carboxylic acids is 1. The number of nitrogens with one attached hydrogen (secondary N) is 1. The SMILES string of the molecule is C=CC1C(C(=O)NCCCCOP(=O)(OCC)OCC)C(C(=O)O)C(C)N1Cc1ccccc1. The van der Waals surface area contributed by atoms with Crippen LogP contribution in [0.1, 0.15) is 39.2 Å². The summed E-state index contributed by atoms with van der Waals surface area (Å²) in [6.07, 6.45) is 2.76. The number of phosphoric ester groups is 1. The average Bonchev–Trinajstić information content (AvgIpc) is 3.08. The van der Waals surface area contributed by atoms with Crippen molar-refractivity contribution in [3.63, 3.8) is 0 Å². The maximum absolute atomic E-state index is 13.1. The van der Waals surface area contributed by atoms with Crippen molar-refractivity contribution >= 4 is 19.7 Å². The lowest BCUT2D eigenvalue weighted by atomic mass is 9.86. The van der Waals surface area contributed by atoms with Crippen LogP contribution in [0.3, 0.4) is 0 Å². The first kappa shape index (κ1) is 28.2. The Balaban J connectivity index is 1.94. The maximum Gasteiger partial charge on any atom is 0.474 e. The van der Waals surface area contributed by atoms with Gasteiger partial charge in [-0.3, -0.25) is 28.1 Å². The zero-order valence-corrected chi connectivity index (χ0v) is 21.1. The molecule has 0 saturated carbocycles. The number of amides is 1. The molecule has 1 aromatic rings. The summed E-state index contributed by atoms with van der Waals surface area (Å²) in [7, 11) is -3.55. The topological polar surface area (TPSA) is 114 Å². The van der Waals surface area contributed by atoms with E-state index in [0.717, 1.165) is 5.56 Å². The molecule has 9 nitrogen and oxygen atoms in total. The van der Waals surface area contributed by atoms with E-state index in [1.165, 1.54) is 0 Å². The number of hydrogen-bond acceptors (Lipinski definition) is 7. The number of carbonyl (C=O) groups excluding carboxylic acids is 1. The van der Waals surface area contributed by atoms with E-state index < -0.39 is 31.7 Å². The van der Waals surface area contributed by atoms with Gasteiger partial charge in [-0.15, -0.1) is 6.58 Å². The van der Waals surface area contributed by atoms with Crippen molar-refractivity contribution in [2.24, 2.45) is 11.8 Å². The van der Waals surface area contributed by atoms with Crippen LogP contribution in [0, 0.1) is 11.8 Å². The van der Waals surface area contributed by atoms with Crippen molar-refractivity contribution in [2.75, 3.05) is 26.4 Å². The number of hydrogen-bond donors (Lipinski definition) is 2. The molecule has 34 heavy (non-hydrogen) atoms. The number of benzene rings is 1. The highest BCUT2D eigenvalue weighted by Gasteiger charge is 2.52. The molecule has 4 atom stereocenters. The molecular weight excluding hydrogens is 459 g/mol. The molecule has 1 aliphatic heterocycles. The summed E-state index contributed by atoms with van der Waals surface area (Å²) in [4.78, 5) is 27.2. The van der Waals surface area contributed by atoms with E-state index in [1.54, 1.807) is 19.9 Å². The van der Waals surface area contributed by atoms with Gasteiger partial charge in [-0.25, -0.2) is 4.57 Å². The van der Waals surface area contributed by atoms with E-state index in [2.05, 4.69) is 11.9 Å². The molecule has 0 radical (unpaired) electrons. The predicted octanol–water partition coefficient (Wildman–Crippen LogP) is 3.86. The largest absolute Gasteiger partial charge is 0.481 e. The molecule has 1 heterocycles. The minimum atomic E-state index is -3.55. The van der Waals surface area contributed by atoms with Crippen molar-refractivity contribution in [1.82, 2.24) is 10.2 Å². The van der Waals surface area contributed by atoms with E-state index in [0.29, 0.717) is 25.9 Å². The van der Waals surface area contributed by atoms with Gasteiger partial charge in [0.2, 0.25) is 5.91 Å². The lowest BCUT2D eigenvalue weighted by molar-refractivity contribution is -0.146. The lowest BCUT2D eigenvalue weighted by Gasteiger charge is -2.27. The number of nitrogens with zero attached hydrogens (tertiary/aromatic N) is 1. The molecule has 10 heteroatoms. The zero-order valence-electron chi connectivity index (χ0n) is 20.2. The summed E-state index contributed by atoms with van der Waals surface area (Å²) in [5, 5.41) is 12.8. The first-order chi connectivity index (χ1) is 16.3. The molecule has 1 amide bonds. The van der Waals surface area contributed by atoms with Crippen LogP contribution in [0.5, 0.6) is 0 Å². The van der Waals surface area contributed by atoms with E-state index in [4.69, 9.17) is 13.6 Å². The normalized spacial score (nSPS) is 23.0. The van der Waals surface area contributed by atoms with Gasteiger partial charge in [0.1, 0.15) is 0 Å². The maximum atomic E-state index is 13.1. The summed E-state index contributed by atoms with van der Waals surface area (Å²) < 4.78 is 27.7. The number of likely N-dealkylation sites (tertiary alicyclic amines) is 1. The molecule has 1 saturated heterocycles. The summed E-state index contributed by atoms with van der Waals surface area (Å²) in [6, 6.07) is 9.02. The van der Waals surface area contributed by atoms with Crippen molar-refractivity contribution in [2.45, 2.75) is 52.2 Å². The van der Waals surface area contributed by atoms with Crippen LogP contribution in [0.15, 0.2) is 43.0 Å². The molecule has 4 unspecified atom stereocenters. The molecule has 1 fully saturated rings. The Hall–Kier alpha value is -2.03. The summed E-state index contributed by atoms with van der Waals surface area (Å²) in [5.74, 6) is -2.90. The first-order valence-corrected chi connectivity index (χ1v) is 13.2. The Morgan fingerprint density at radius 3 is 2.32 bits per heavy atom. The van der Waals surface area contributed by atoms with Gasteiger partial charge < -0.3 is 10.4 Å². The third-order valence-corrected chi connectivity index (χ3v) is 7.56. The number of unbranched alkanes of at least 4 members (excludes halogenated alkanes) is 1. The highest BCUT2D eigenvalue weighted by Crippen LogP contribution is 2.49. The highest BCUT2D eigenvalue weighted by atomic mass is 31.2. The Labute approximate surface area is 202 Å². The predicted molar refractivity (Wildman–Crippen MR) is 129 cm³/mol. The van der Waals surface area contributed by atoms with Gasteiger partial charge in [0, 0.05) is 25.2 Å². The summed E-state index contributed by atoms with van der Waals surface area (Å²) in [5.41, 5.74) is 1.04. The Kier molecular flexibility index (Phi) is 11.4. The van der Waals surface area contributed by atoms with Gasteiger partial charge in [0.25, 0.3) is 0 Å². The fourth-order valence-corrected chi connectivity index (χ4v) is 5.57. The zero-order chi connectivity index (χ0) is 25.1. The van der Waals surface area contributed by atoms with Crippen LogP contribution in [-0.4, -0.2) is 60.3 Å². The molecule has 2 rings (SSSR count). The molecule has 0 aromatic heterocycles. The Bertz CT molecular complexity index is 841. The van der Waals surface area contributed by atoms with E-state index >= 15 is 0 Å². The van der Waals surface area contributed by atoms with Crippen LogP contribution >= 0.6 is 7.82 Å². The molecule has 1 aromatic carbocycles. The van der Waals surface area contributed by atoms with Gasteiger partial charge >= 0.3 is 13.8 Å². The van der Waals surface area contributed by atoms with E-state index in [9.17, 15) is 19.3 Å². The van der Waals surface area contributed by atoms with Crippen LogP contribution in [-0.2, 0) is 34.3 Å². The van der Waals surface area contributed by atoms with Crippen LogP contribution in [0.4, 0.5) is 0 Å². The number of carbonyl (C=O) groups is 2. The number of carboxylic acids is 1. The molecule has 1 aliphatic rings. The minimum Gasteiger partial charge on any atom is -0.481 e.